The molecule has 1 aliphatic heterocycles. The second-order valence-corrected chi connectivity index (χ2v) is 14.7. The predicted octanol–water partition coefficient (Wildman–Crippen LogP) is 5.87. The Balaban J connectivity index is 1.17. The van der Waals surface area contributed by atoms with E-state index in [1.165, 1.54) is 6.07 Å². The monoisotopic (exact) mass is 680 g/mol. The van der Waals surface area contributed by atoms with E-state index in [1.807, 2.05) is 0 Å². The first kappa shape index (κ1) is 30.5. The van der Waals surface area contributed by atoms with Gasteiger partial charge in [0, 0.05) is 22.6 Å². The lowest BCUT2D eigenvalue weighted by molar-refractivity contribution is -0.123. The number of primary amides is 1. The third-order valence-electron chi connectivity index (χ3n) is 9.60. The van der Waals surface area contributed by atoms with Crippen LogP contribution in [0, 0.1) is 17.6 Å². The molecule has 3 heterocycles. The highest BCUT2D eigenvalue weighted by atomic mass is 35.5. The minimum Gasteiger partial charge on any atom is -0.489 e. The average Bonchev–Trinajstić information content (AvgIpc) is 3.93. The molecule has 244 valence electrons. The van der Waals surface area contributed by atoms with Gasteiger partial charge in [-0.1, -0.05) is 11.6 Å². The number of nitrogens with one attached hydrogen (secondary N) is 1. The number of hydrogen-bond donors (Lipinski definition) is 3. The summed E-state index contributed by atoms with van der Waals surface area (Å²) in [6, 6.07) is 7.24. The van der Waals surface area contributed by atoms with Crippen LogP contribution in [-0.2, 0) is 15.8 Å². The average molecular weight is 681 g/mol. The van der Waals surface area contributed by atoms with E-state index in [2.05, 4.69) is 5.32 Å². The number of ether oxygens (including phenoxy) is 2. The zero-order chi connectivity index (χ0) is 32.8. The minimum atomic E-state index is -1.69. The summed E-state index contributed by atoms with van der Waals surface area (Å²) in [5.41, 5.74) is 4.46. The summed E-state index contributed by atoms with van der Waals surface area (Å²) >= 11 is 7.83. The van der Waals surface area contributed by atoms with Crippen molar-refractivity contribution in [1.82, 2.24) is 15.3 Å². The number of carbonyl (C=O) groups excluding carboxylic acids is 2. The molecular formula is C34H31ClF2N4O5S. The molecule has 4 N–H and O–H groups in total. The molecule has 0 spiro atoms. The van der Waals surface area contributed by atoms with Crippen molar-refractivity contribution in [2.75, 3.05) is 13.2 Å². The zero-order valence-electron chi connectivity index (χ0n) is 25.4. The van der Waals surface area contributed by atoms with Crippen LogP contribution in [0.15, 0.2) is 30.3 Å². The fourth-order valence-corrected chi connectivity index (χ4v) is 7.57. The highest BCUT2D eigenvalue weighted by molar-refractivity contribution is 7.18. The summed E-state index contributed by atoms with van der Waals surface area (Å²) in [5.74, 6) is -2.60. The van der Waals surface area contributed by atoms with Gasteiger partial charge in [-0.2, -0.15) is 0 Å². The van der Waals surface area contributed by atoms with Crippen LogP contribution >= 0.6 is 22.9 Å². The van der Waals surface area contributed by atoms with Gasteiger partial charge in [0.2, 0.25) is 5.91 Å². The molecule has 2 aromatic carbocycles. The van der Waals surface area contributed by atoms with Crippen LogP contribution in [0.4, 0.5) is 8.78 Å². The van der Waals surface area contributed by atoms with E-state index in [1.54, 1.807) is 36.5 Å². The zero-order valence-corrected chi connectivity index (χ0v) is 26.9. The molecular weight excluding hydrogens is 650 g/mol. The van der Waals surface area contributed by atoms with Crippen molar-refractivity contribution in [1.29, 1.82) is 0 Å². The van der Waals surface area contributed by atoms with E-state index in [4.69, 9.17) is 36.8 Å². The first-order valence-corrected chi connectivity index (χ1v) is 16.9. The normalized spacial score (nSPS) is 21.6. The Hall–Kier alpha value is -3.87. The molecule has 3 aliphatic carbocycles. The van der Waals surface area contributed by atoms with Gasteiger partial charge in [-0.25, -0.2) is 18.7 Å². The molecule has 0 saturated heterocycles. The lowest BCUT2D eigenvalue weighted by Gasteiger charge is -2.30. The first-order valence-electron chi connectivity index (χ1n) is 15.7. The van der Waals surface area contributed by atoms with Crippen molar-refractivity contribution in [3.05, 3.63) is 68.8 Å². The Labute approximate surface area is 277 Å². The van der Waals surface area contributed by atoms with Crippen molar-refractivity contribution >= 4 is 45.0 Å². The third kappa shape index (κ3) is 5.21. The maximum atomic E-state index is 14.6. The molecule has 3 fully saturated rings. The first-order chi connectivity index (χ1) is 22.5. The molecule has 4 aliphatic rings. The van der Waals surface area contributed by atoms with E-state index in [9.17, 15) is 23.5 Å². The van der Waals surface area contributed by atoms with E-state index in [0.717, 1.165) is 47.0 Å². The van der Waals surface area contributed by atoms with Crippen LogP contribution in [0.5, 0.6) is 11.5 Å². The van der Waals surface area contributed by atoms with Crippen molar-refractivity contribution in [3.8, 4) is 22.8 Å². The van der Waals surface area contributed by atoms with E-state index >= 15 is 0 Å². The number of pyridine rings is 1. The number of aliphatic hydroxyl groups is 1. The van der Waals surface area contributed by atoms with Gasteiger partial charge in [0.15, 0.2) is 11.6 Å². The number of nitrogens with zero attached hydrogens (tertiary/aromatic N) is 2. The van der Waals surface area contributed by atoms with Crippen LogP contribution in [-0.4, -0.2) is 46.1 Å². The number of hydrogen-bond acceptors (Lipinski definition) is 8. The van der Waals surface area contributed by atoms with E-state index in [-0.39, 0.29) is 47.9 Å². The predicted molar refractivity (Wildman–Crippen MR) is 171 cm³/mol. The SMILES string of the molecule is C[C@]1(C(N)=O)COc2c1cc(C(O)(CNC(=O)c1cc(OC3CC3)c3nc(C4CC4)sc3c1)C1CC1)nc2-c1ccc(F)c(F)c1Cl. The summed E-state index contributed by atoms with van der Waals surface area (Å²) in [4.78, 5) is 35.9. The highest BCUT2D eigenvalue weighted by Crippen LogP contribution is 2.51. The van der Waals surface area contributed by atoms with Crippen molar-refractivity contribution < 1.29 is 33.0 Å². The molecule has 47 heavy (non-hydrogen) atoms. The molecule has 1 unspecified atom stereocenters. The quantitative estimate of drug-likeness (QED) is 0.178. The molecule has 0 radical (unpaired) electrons. The van der Waals surface area contributed by atoms with Crippen molar-refractivity contribution in [3.63, 3.8) is 0 Å². The van der Waals surface area contributed by atoms with Gasteiger partial charge in [0.25, 0.3) is 5.91 Å². The molecule has 0 bridgehead atoms. The maximum absolute atomic E-state index is 14.6. The van der Waals surface area contributed by atoms with Crippen molar-refractivity contribution in [2.24, 2.45) is 11.7 Å². The molecule has 3 saturated carbocycles. The van der Waals surface area contributed by atoms with Gasteiger partial charge in [-0.05, 0) is 81.7 Å². The summed E-state index contributed by atoms with van der Waals surface area (Å²) in [5, 5.41) is 15.7. The topological polar surface area (TPSA) is 137 Å². The second-order valence-electron chi connectivity index (χ2n) is 13.3. The van der Waals surface area contributed by atoms with Gasteiger partial charge >= 0.3 is 0 Å². The Morgan fingerprint density at radius 1 is 1.17 bits per heavy atom. The number of nitrogens with two attached hydrogens (primary N) is 1. The standard InChI is InChI=1S/C34H31ClF2N4O5S/c1-33(32(38)43)14-45-29-20(33)12-24(40-27(29)19-8-9-21(36)26(37)25(19)35)34(44,17-4-5-17)13-39-30(42)16-10-22(46-18-6-7-18)28-23(11-16)47-31(41-28)15-2-3-15/h8-12,15,17-18,44H,2-7,13-14H2,1H3,(H2,38,43)(H,39,42)/t33-,34?/m0/s1. The number of aromatic nitrogens is 2. The van der Waals surface area contributed by atoms with Crippen LogP contribution in [0.1, 0.15) is 78.0 Å². The number of fused-ring (bicyclic) bond motifs is 2. The second kappa shape index (κ2) is 10.8. The minimum absolute atomic E-state index is 0.0196. The van der Waals surface area contributed by atoms with Gasteiger partial charge in [0.1, 0.15) is 40.3 Å². The Morgan fingerprint density at radius 2 is 1.94 bits per heavy atom. The number of amides is 2. The highest BCUT2D eigenvalue weighted by Gasteiger charge is 2.50. The van der Waals surface area contributed by atoms with Crippen LogP contribution in [0.2, 0.25) is 5.02 Å². The van der Waals surface area contributed by atoms with Gasteiger partial charge < -0.3 is 25.6 Å². The third-order valence-corrected chi connectivity index (χ3v) is 11.1. The van der Waals surface area contributed by atoms with Crippen molar-refractivity contribution in [2.45, 2.75) is 68.5 Å². The molecule has 8 rings (SSSR count). The maximum Gasteiger partial charge on any atom is 0.251 e. The van der Waals surface area contributed by atoms with Gasteiger partial charge in [-0.3, -0.25) is 9.59 Å². The molecule has 4 aromatic rings. The summed E-state index contributed by atoms with van der Waals surface area (Å²) in [6.45, 7) is 1.27. The number of carbonyl (C=O) groups is 2. The van der Waals surface area contributed by atoms with E-state index in [0.29, 0.717) is 35.6 Å². The lowest BCUT2D eigenvalue weighted by Crippen LogP contribution is -2.44. The fraction of sp³-hybridized carbons (Fsp3) is 0.412. The molecule has 2 aromatic heterocycles. The van der Waals surface area contributed by atoms with E-state index < -0.39 is 39.5 Å². The molecule has 2 amide bonds. The van der Waals surface area contributed by atoms with Crippen LogP contribution < -0.4 is 20.5 Å². The summed E-state index contributed by atoms with van der Waals surface area (Å²) < 4.78 is 41.6. The summed E-state index contributed by atoms with van der Waals surface area (Å²) in [6.07, 6.45) is 5.56. The number of benzene rings is 2. The molecule has 9 nitrogen and oxygen atoms in total. The number of thiazole rings is 1. The number of halogens is 3. The molecule has 2 atom stereocenters. The Morgan fingerprint density at radius 3 is 2.62 bits per heavy atom. The van der Waals surface area contributed by atoms with Gasteiger partial charge in [-0.15, -0.1) is 11.3 Å². The largest absolute Gasteiger partial charge is 0.489 e. The smallest absolute Gasteiger partial charge is 0.251 e. The number of rotatable bonds is 10. The van der Waals surface area contributed by atoms with Gasteiger partial charge in [0.05, 0.1) is 33.1 Å². The summed E-state index contributed by atoms with van der Waals surface area (Å²) in [7, 11) is 0. The Bertz CT molecular complexity index is 1990. The van der Waals surface area contributed by atoms with Crippen LogP contribution in [0.25, 0.3) is 21.5 Å². The van der Waals surface area contributed by atoms with Crippen LogP contribution in [0.3, 0.4) is 0 Å². The molecule has 13 heteroatoms. The fourth-order valence-electron chi connectivity index (χ4n) is 6.13. The Kier molecular flexibility index (Phi) is 7.02. The lowest BCUT2D eigenvalue weighted by atomic mass is 9.81.